The van der Waals surface area contributed by atoms with Crippen LogP contribution >= 0.6 is 0 Å². The molecule has 8 nitrogen and oxygen atoms in total. The summed E-state index contributed by atoms with van der Waals surface area (Å²) < 4.78 is 0. The second kappa shape index (κ2) is 14.3. The van der Waals surface area contributed by atoms with Crippen LogP contribution < -0.4 is 5.32 Å². The second-order valence-electron chi connectivity index (χ2n) is 10.5. The molecule has 8 heteroatoms. The summed E-state index contributed by atoms with van der Waals surface area (Å²) in [4.78, 5) is 32.7. The summed E-state index contributed by atoms with van der Waals surface area (Å²) in [7, 11) is 0. The van der Waals surface area contributed by atoms with Crippen molar-refractivity contribution in [3.8, 4) is 0 Å². The predicted octanol–water partition coefficient (Wildman–Crippen LogP) is 5.28. The van der Waals surface area contributed by atoms with Gasteiger partial charge in [0, 0.05) is 55.0 Å². The van der Waals surface area contributed by atoms with Gasteiger partial charge < -0.3 is 20.2 Å². The molecule has 1 amide bonds. The van der Waals surface area contributed by atoms with E-state index in [1.807, 2.05) is 12.1 Å². The minimum absolute atomic E-state index is 0.0373. The fourth-order valence-corrected chi connectivity index (χ4v) is 5.83. The summed E-state index contributed by atoms with van der Waals surface area (Å²) in [6.45, 7) is 9.81. The summed E-state index contributed by atoms with van der Waals surface area (Å²) >= 11 is 0. The molecule has 0 atom stereocenters. The summed E-state index contributed by atoms with van der Waals surface area (Å²) in [6, 6.07) is 10.0. The van der Waals surface area contributed by atoms with Gasteiger partial charge in [0.15, 0.2) is 0 Å². The largest absolute Gasteiger partial charge is 0.347 e. The number of nitrogens with zero attached hydrogens (tertiary/aromatic N) is 4. The third kappa shape index (κ3) is 7.54. The van der Waals surface area contributed by atoms with Crippen LogP contribution in [0.1, 0.15) is 93.3 Å². The first-order valence-corrected chi connectivity index (χ1v) is 14.4. The summed E-state index contributed by atoms with van der Waals surface area (Å²) in [5.41, 5.74) is 1.88. The fourth-order valence-electron chi connectivity index (χ4n) is 5.83. The molecule has 0 bridgehead atoms. The van der Waals surface area contributed by atoms with Crippen molar-refractivity contribution >= 4 is 5.91 Å². The molecule has 206 valence electrons. The summed E-state index contributed by atoms with van der Waals surface area (Å²) in [5, 5.41) is 3.78. The lowest BCUT2D eigenvalue weighted by Crippen LogP contribution is -2.47. The van der Waals surface area contributed by atoms with Crippen molar-refractivity contribution in [1.29, 1.82) is 0 Å². The summed E-state index contributed by atoms with van der Waals surface area (Å²) in [5.74, 6) is 1.46. The van der Waals surface area contributed by atoms with Crippen LogP contribution in [0.3, 0.4) is 0 Å². The average Bonchev–Trinajstić information content (AvgIpc) is 3.67. The molecule has 38 heavy (non-hydrogen) atoms. The number of hydrogen-bond donors (Lipinski definition) is 3. The van der Waals surface area contributed by atoms with E-state index in [2.05, 4.69) is 63.1 Å². The van der Waals surface area contributed by atoms with Gasteiger partial charge in [-0.05, 0) is 69.2 Å². The molecule has 0 spiro atoms. The topological polar surface area (TPSA) is 92.9 Å². The molecule has 1 aliphatic rings. The standard InChI is InChI=1S/C30H45N7O/c1-4-19-37(26(5-2)6-3)27-13-11-25(12-14-27)35-20-23-7-9-24(10-8-23)30(38)36(21-28-31-15-16-32-28)22-29-33-17-18-34-29/h7-10,15-18,25-27,35H,4-6,11-14,19-22H2,1-3H3,(H,31,32)(H,33,34). The second-order valence-corrected chi connectivity index (χ2v) is 10.5. The Hall–Kier alpha value is -2.97. The van der Waals surface area contributed by atoms with E-state index >= 15 is 0 Å². The molecule has 0 saturated heterocycles. The van der Waals surface area contributed by atoms with Crippen LogP contribution in [0.4, 0.5) is 0 Å². The van der Waals surface area contributed by atoms with Gasteiger partial charge in [-0.2, -0.15) is 0 Å². The van der Waals surface area contributed by atoms with Gasteiger partial charge in [-0.25, -0.2) is 9.97 Å². The highest BCUT2D eigenvalue weighted by atomic mass is 16.2. The Balaban J connectivity index is 1.29. The molecule has 3 N–H and O–H groups in total. The molecule has 1 aliphatic carbocycles. The van der Waals surface area contributed by atoms with E-state index in [4.69, 9.17) is 0 Å². The molecular weight excluding hydrogens is 474 g/mol. The SMILES string of the molecule is CCCN(C(CC)CC)C1CCC(NCc2ccc(C(=O)N(Cc3ncc[nH]3)Cc3ncc[nH]3)cc2)CC1. The quantitative estimate of drug-likeness (QED) is 0.270. The van der Waals surface area contributed by atoms with Crippen molar-refractivity contribution in [2.45, 2.75) is 103 Å². The van der Waals surface area contributed by atoms with Crippen LogP contribution in [0, 0.1) is 0 Å². The van der Waals surface area contributed by atoms with E-state index in [9.17, 15) is 4.79 Å². The number of imidazole rings is 2. The van der Waals surface area contributed by atoms with E-state index in [0.29, 0.717) is 24.7 Å². The highest BCUT2D eigenvalue weighted by Gasteiger charge is 2.28. The Labute approximate surface area is 227 Å². The Morgan fingerprint density at radius 2 is 1.55 bits per heavy atom. The van der Waals surface area contributed by atoms with Crippen molar-refractivity contribution in [3.63, 3.8) is 0 Å². The highest BCUT2D eigenvalue weighted by molar-refractivity contribution is 5.94. The monoisotopic (exact) mass is 519 g/mol. The molecule has 2 heterocycles. The van der Waals surface area contributed by atoms with Crippen LogP contribution in [-0.2, 0) is 19.6 Å². The highest BCUT2D eigenvalue weighted by Crippen LogP contribution is 2.27. The van der Waals surface area contributed by atoms with E-state index in [-0.39, 0.29) is 5.91 Å². The zero-order chi connectivity index (χ0) is 26.7. The van der Waals surface area contributed by atoms with Crippen LogP contribution in [0.15, 0.2) is 49.1 Å². The molecule has 0 unspecified atom stereocenters. The van der Waals surface area contributed by atoms with Gasteiger partial charge in [0.05, 0.1) is 13.1 Å². The zero-order valence-electron chi connectivity index (χ0n) is 23.3. The third-order valence-corrected chi connectivity index (χ3v) is 7.93. The number of benzene rings is 1. The molecule has 0 radical (unpaired) electrons. The van der Waals surface area contributed by atoms with Crippen molar-refractivity contribution in [1.82, 2.24) is 35.1 Å². The van der Waals surface area contributed by atoms with Gasteiger partial charge in [0.1, 0.15) is 11.6 Å². The van der Waals surface area contributed by atoms with Crippen LogP contribution in [0.25, 0.3) is 0 Å². The smallest absolute Gasteiger partial charge is 0.254 e. The number of aromatic nitrogens is 4. The number of H-pyrrole nitrogens is 2. The molecular formula is C30H45N7O. The van der Waals surface area contributed by atoms with Crippen molar-refractivity contribution < 1.29 is 4.79 Å². The number of nitrogens with one attached hydrogen (secondary N) is 3. The van der Waals surface area contributed by atoms with Crippen molar-refractivity contribution in [3.05, 3.63) is 71.8 Å². The van der Waals surface area contributed by atoms with Crippen LogP contribution in [0.2, 0.25) is 0 Å². The lowest BCUT2D eigenvalue weighted by molar-refractivity contribution is 0.0721. The molecule has 1 saturated carbocycles. The van der Waals surface area contributed by atoms with E-state index in [1.165, 1.54) is 57.1 Å². The van der Waals surface area contributed by atoms with E-state index in [1.54, 1.807) is 29.7 Å². The predicted molar refractivity (Wildman–Crippen MR) is 151 cm³/mol. The first-order valence-electron chi connectivity index (χ1n) is 14.4. The van der Waals surface area contributed by atoms with E-state index in [0.717, 1.165) is 30.3 Å². The Kier molecular flexibility index (Phi) is 10.5. The summed E-state index contributed by atoms with van der Waals surface area (Å²) in [6.07, 6.45) is 15.7. The van der Waals surface area contributed by atoms with Gasteiger partial charge in [0.2, 0.25) is 0 Å². The number of carbonyl (C=O) groups excluding carboxylic acids is 1. The molecule has 2 aromatic heterocycles. The van der Waals surface area contributed by atoms with Crippen molar-refractivity contribution in [2.24, 2.45) is 0 Å². The molecule has 1 fully saturated rings. The van der Waals surface area contributed by atoms with E-state index < -0.39 is 0 Å². The Bertz CT molecular complexity index is 1020. The average molecular weight is 520 g/mol. The first kappa shape index (κ1) is 28.0. The zero-order valence-corrected chi connectivity index (χ0v) is 23.3. The minimum Gasteiger partial charge on any atom is -0.347 e. The molecule has 3 aromatic rings. The van der Waals surface area contributed by atoms with Crippen LogP contribution in [-0.4, -0.2) is 60.3 Å². The normalized spacial score (nSPS) is 17.8. The van der Waals surface area contributed by atoms with Gasteiger partial charge in [0.25, 0.3) is 5.91 Å². The lowest BCUT2D eigenvalue weighted by Gasteiger charge is -2.41. The first-order chi connectivity index (χ1) is 18.6. The van der Waals surface area contributed by atoms with Gasteiger partial charge in [-0.1, -0.05) is 32.9 Å². The molecule has 1 aromatic carbocycles. The maximum Gasteiger partial charge on any atom is 0.254 e. The Morgan fingerprint density at radius 3 is 2.05 bits per heavy atom. The Morgan fingerprint density at radius 1 is 0.947 bits per heavy atom. The number of aromatic amines is 2. The number of carbonyl (C=O) groups is 1. The van der Waals surface area contributed by atoms with Crippen LogP contribution in [0.5, 0.6) is 0 Å². The maximum absolute atomic E-state index is 13.4. The number of rotatable bonds is 14. The van der Waals surface area contributed by atoms with Gasteiger partial charge in [-0.3, -0.25) is 9.69 Å². The number of hydrogen-bond acceptors (Lipinski definition) is 5. The molecule has 0 aliphatic heterocycles. The van der Waals surface area contributed by atoms with Crippen molar-refractivity contribution in [2.75, 3.05) is 6.54 Å². The lowest BCUT2D eigenvalue weighted by atomic mass is 9.88. The minimum atomic E-state index is -0.0373. The number of amides is 1. The third-order valence-electron chi connectivity index (χ3n) is 7.93. The van der Waals surface area contributed by atoms with Gasteiger partial charge in [-0.15, -0.1) is 0 Å². The molecule has 4 rings (SSSR count). The fraction of sp³-hybridized carbons (Fsp3) is 0.567. The van der Waals surface area contributed by atoms with Gasteiger partial charge >= 0.3 is 0 Å². The maximum atomic E-state index is 13.4.